The molecule has 0 aromatic heterocycles. The van der Waals surface area contributed by atoms with Gasteiger partial charge in [0.2, 0.25) is 11.8 Å². The van der Waals surface area contributed by atoms with E-state index >= 15 is 0 Å². The van der Waals surface area contributed by atoms with Crippen molar-refractivity contribution in [3.8, 4) is 0 Å². The van der Waals surface area contributed by atoms with Crippen molar-refractivity contribution in [1.29, 1.82) is 0 Å². The molecule has 1 atom stereocenters. The molecule has 0 aromatic carbocycles. The van der Waals surface area contributed by atoms with E-state index in [1.807, 2.05) is 0 Å². The molecule has 0 bridgehead atoms. The average molecular weight is 171 g/mol. The van der Waals surface area contributed by atoms with E-state index in [0.717, 1.165) is 0 Å². The summed E-state index contributed by atoms with van der Waals surface area (Å²) in [6.45, 7) is 0.688. The van der Waals surface area contributed by atoms with Gasteiger partial charge in [0.05, 0.1) is 6.54 Å². The van der Waals surface area contributed by atoms with Crippen LogP contribution in [0.3, 0.4) is 0 Å². The van der Waals surface area contributed by atoms with E-state index in [0.29, 0.717) is 6.54 Å². The van der Waals surface area contributed by atoms with Crippen LogP contribution in [-0.2, 0) is 9.59 Å². The second-order valence-electron chi connectivity index (χ2n) is 2.82. The number of hydrogen-bond acceptors (Lipinski definition) is 3. The Bertz CT molecular complexity index is 205. The monoisotopic (exact) mass is 171 g/mol. The van der Waals surface area contributed by atoms with Crippen molar-refractivity contribution in [2.24, 2.45) is 0 Å². The van der Waals surface area contributed by atoms with E-state index in [9.17, 15) is 9.59 Å². The maximum Gasteiger partial charge on any atom is 0.238 e. The fourth-order valence-electron chi connectivity index (χ4n) is 1.14. The summed E-state index contributed by atoms with van der Waals surface area (Å²) in [5, 5.41) is 5.38. The number of rotatable bonds is 1. The minimum atomic E-state index is -0.266. The minimum Gasteiger partial charge on any atom is -0.358 e. The van der Waals surface area contributed by atoms with Crippen LogP contribution in [0, 0.1) is 0 Å². The molecule has 1 aliphatic heterocycles. The van der Waals surface area contributed by atoms with E-state index in [4.69, 9.17) is 0 Å². The Kier molecular flexibility index (Phi) is 2.65. The molecule has 1 heterocycles. The SMILES string of the molecule is CNC(=O)C1CN(C)C(=O)CN1. The molecule has 68 valence electrons. The zero-order valence-electron chi connectivity index (χ0n) is 7.26. The van der Waals surface area contributed by atoms with Crippen LogP contribution in [0.25, 0.3) is 0 Å². The molecule has 0 saturated carbocycles. The number of nitrogens with zero attached hydrogens (tertiary/aromatic N) is 1. The Morgan fingerprint density at radius 3 is 2.92 bits per heavy atom. The van der Waals surface area contributed by atoms with Gasteiger partial charge in [0.1, 0.15) is 6.04 Å². The molecule has 0 aromatic rings. The number of likely N-dealkylation sites (N-methyl/N-ethyl adjacent to an activating group) is 2. The van der Waals surface area contributed by atoms with Gasteiger partial charge in [-0.15, -0.1) is 0 Å². The van der Waals surface area contributed by atoms with Gasteiger partial charge < -0.3 is 10.2 Å². The number of nitrogens with one attached hydrogen (secondary N) is 2. The van der Waals surface area contributed by atoms with E-state index in [1.165, 1.54) is 0 Å². The van der Waals surface area contributed by atoms with Crippen molar-refractivity contribution in [3.05, 3.63) is 0 Å². The third kappa shape index (κ3) is 1.73. The second kappa shape index (κ2) is 3.53. The highest BCUT2D eigenvalue weighted by atomic mass is 16.2. The zero-order chi connectivity index (χ0) is 9.14. The normalized spacial score (nSPS) is 24.0. The number of amides is 2. The van der Waals surface area contributed by atoms with Gasteiger partial charge in [-0.25, -0.2) is 0 Å². The number of carbonyl (C=O) groups excluding carboxylic acids is 2. The van der Waals surface area contributed by atoms with Crippen molar-refractivity contribution in [2.45, 2.75) is 6.04 Å². The topological polar surface area (TPSA) is 61.4 Å². The second-order valence-corrected chi connectivity index (χ2v) is 2.82. The molecule has 12 heavy (non-hydrogen) atoms. The molecule has 0 radical (unpaired) electrons. The summed E-state index contributed by atoms with van der Waals surface area (Å²) < 4.78 is 0. The van der Waals surface area contributed by atoms with Crippen molar-refractivity contribution in [1.82, 2.24) is 15.5 Å². The van der Waals surface area contributed by atoms with Gasteiger partial charge in [0, 0.05) is 20.6 Å². The Labute approximate surface area is 71.1 Å². The van der Waals surface area contributed by atoms with Gasteiger partial charge in [-0.05, 0) is 0 Å². The molecule has 1 aliphatic rings. The van der Waals surface area contributed by atoms with E-state index < -0.39 is 0 Å². The van der Waals surface area contributed by atoms with Crippen LogP contribution in [0.4, 0.5) is 0 Å². The van der Waals surface area contributed by atoms with Gasteiger partial charge in [-0.3, -0.25) is 14.9 Å². The van der Waals surface area contributed by atoms with Crippen molar-refractivity contribution in [3.63, 3.8) is 0 Å². The van der Waals surface area contributed by atoms with Gasteiger partial charge in [0.25, 0.3) is 0 Å². The predicted molar refractivity (Wildman–Crippen MR) is 43.5 cm³/mol. The lowest BCUT2D eigenvalue weighted by molar-refractivity contribution is -0.134. The van der Waals surface area contributed by atoms with E-state index in [2.05, 4.69) is 10.6 Å². The maximum atomic E-state index is 11.1. The largest absolute Gasteiger partial charge is 0.358 e. The van der Waals surface area contributed by atoms with Crippen molar-refractivity contribution < 1.29 is 9.59 Å². The first kappa shape index (κ1) is 8.99. The standard InChI is InChI=1S/C7H13N3O2/c1-8-7(12)5-4-10(2)6(11)3-9-5/h5,9H,3-4H2,1-2H3,(H,8,12). The minimum absolute atomic E-state index is 0.0233. The van der Waals surface area contributed by atoms with Gasteiger partial charge >= 0.3 is 0 Å². The Morgan fingerprint density at radius 2 is 2.42 bits per heavy atom. The summed E-state index contributed by atoms with van der Waals surface area (Å²) in [6.07, 6.45) is 0. The Morgan fingerprint density at radius 1 is 1.75 bits per heavy atom. The molecule has 0 spiro atoms. The van der Waals surface area contributed by atoms with Crippen LogP contribution < -0.4 is 10.6 Å². The lowest BCUT2D eigenvalue weighted by Crippen LogP contribution is -2.57. The van der Waals surface area contributed by atoms with Gasteiger partial charge in [0.15, 0.2) is 0 Å². The molecule has 1 unspecified atom stereocenters. The zero-order valence-corrected chi connectivity index (χ0v) is 7.26. The fourth-order valence-corrected chi connectivity index (χ4v) is 1.14. The lowest BCUT2D eigenvalue weighted by Gasteiger charge is -2.29. The first-order valence-corrected chi connectivity index (χ1v) is 3.84. The predicted octanol–water partition coefficient (Wildman–Crippen LogP) is -1.84. The molecule has 2 amide bonds. The molecule has 1 fully saturated rings. The fraction of sp³-hybridized carbons (Fsp3) is 0.714. The van der Waals surface area contributed by atoms with Crippen molar-refractivity contribution in [2.75, 3.05) is 27.2 Å². The summed E-state index contributed by atoms with van der Waals surface area (Å²) in [5.41, 5.74) is 0. The lowest BCUT2D eigenvalue weighted by atomic mass is 10.2. The van der Waals surface area contributed by atoms with Crippen LogP contribution >= 0.6 is 0 Å². The average Bonchev–Trinajstić information content (AvgIpc) is 2.08. The summed E-state index contributed by atoms with van der Waals surface area (Å²) in [5.74, 6) is -0.0514. The number of hydrogen-bond donors (Lipinski definition) is 2. The van der Waals surface area contributed by atoms with E-state index in [-0.39, 0.29) is 24.4 Å². The van der Waals surface area contributed by atoms with Crippen LogP contribution in [0.2, 0.25) is 0 Å². The Hall–Kier alpha value is -1.10. The van der Waals surface area contributed by atoms with E-state index in [1.54, 1.807) is 19.0 Å². The highest BCUT2D eigenvalue weighted by Gasteiger charge is 2.26. The molecular formula is C7H13N3O2. The van der Waals surface area contributed by atoms with Crippen LogP contribution in [-0.4, -0.2) is 49.9 Å². The molecule has 5 nitrogen and oxygen atoms in total. The quantitative estimate of drug-likeness (QED) is 0.487. The summed E-state index contributed by atoms with van der Waals surface area (Å²) in [6, 6.07) is -0.266. The smallest absolute Gasteiger partial charge is 0.238 e. The molecule has 1 saturated heterocycles. The van der Waals surface area contributed by atoms with Crippen LogP contribution in [0.5, 0.6) is 0 Å². The third-order valence-corrected chi connectivity index (χ3v) is 1.94. The third-order valence-electron chi connectivity index (χ3n) is 1.94. The van der Waals surface area contributed by atoms with Gasteiger partial charge in [-0.1, -0.05) is 0 Å². The van der Waals surface area contributed by atoms with Gasteiger partial charge in [-0.2, -0.15) is 0 Å². The molecule has 0 aliphatic carbocycles. The first-order chi connectivity index (χ1) is 5.65. The van der Waals surface area contributed by atoms with Crippen molar-refractivity contribution >= 4 is 11.8 Å². The Balaban J connectivity index is 2.50. The molecule has 1 rings (SSSR count). The van der Waals surface area contributed by atoms with Crippen LogP contribution in [0.1, 0.15) is 0 Å². The molecule has 2 N–H and O–H groups in total. The highest BCUT2D eigenvalue weighted by molar-refractivity contribution is 5.86. The highest BCUT2D eigenvalue weighted by Crippen LogP contribution is 1.96. The summed E-state index contributed by atoms with van der Waals surface area (Å²) >= 11 is 0. The number of carbonyl (C=O) groups is 2. The molecular weight excluding hydrogens is 158 g/mol. The first-order valence-electron chi connectivity index (χ1n) is 3.84. The summed E-state index contributed by atoms with van der Waals surface area (Å²) in [7, 11) is 3.28. The number of piperazine rings is 1. The maximum absolute atomic E-state index is 11.1. The molecule has 5 heteroatoms. The van der Waals surface area contributed by atoms with Crippen LogP contribution in [0.15, 0.2) is 0 Å². The summed E-state index contributed by atoms with van der Waals surface area (Å²) in [4.78, 5) is 23.6.